The van der Waals surface area contributed by atoms with Crippen LogP contribution < -0.4 is 15.2 Å². The highest BCUT2D eigenvalue weighted by atomic mass is 16.5. The molecule has 0 aliphatic carbocycles. The predicted molar refractivity (Wildman–Crippen MR) is 86.2 cm³/mol. The largest absolute Gasteiger partial charge is 0.497 e. The fourth-order valence-corrected chi connectivity index (χ4v) is 2.54. The zero-order valence-electron chi connectivity index (χ0n) is 12.9. The molecule has 0 saturated carbocycles. The number of nitrogens with two attached hydrogens (primary N) is 1. The van der Waals surface area contributed by atoms with E-state index in [9.17, 15) is 0 Å². The topological polar surface area (TPSA) is 44.5 Å². The summed E-state index contributed by atoms with van der Waals surface area (Å²) in [6.07, 6.45) is 0.889. The van der Waals surface area contributed by atoms with Crippen LogP contribution in [0.1, 0.15) is 22.6 Å². The highest BCUT2D eigenvalue weighted by Crippen LogP contribution is 2.30. The minimum absolute atomic E-state index is 0.244. The summed E-state index contributed by atoms with van der Waals surface area (Å²) in [4.78, 5) is 0. The molecule has 2 aromatic carbocycles. The molecule has 0 spiro atoms. The summed E-state index contributed by atoms with van der Waals surface area (Å²) >= 11 is 0. The molecule has 0 aliphatic rings. The van der Waals surface area contributed by atoms with Gasteiger partial charge in [-0.3, -0.25) is 0 Å². The third-order valence-electron chi connectivity index (χ3n) is 3.75. The molecule has 0 saturated heterocycles. The van der Waals surface area contributed by atoms with E-state index in [1.807, 2.05) is 18.2 Å². The smallest absolute Gasteiger partial charge is 0.122 e. The van der Waals surface area contributed by atoms with Crippen LogP contribution in [0.5, 0.6) is 11.5 Å². The van der Waals surface area contributed by atoms with E-state index in [-0.39, 0.29) is 5.92 Å². The van der Waals surface area contributed by atoms with Crippen LogP contribution in [0.4, 0.5) is 0 Å². The van der Waals surface area contributed by atoms with E-state index in [0.717, 1.165) is 17.9 Å². The van der Waals surface area contributed by atoms with Crippen molar-refractivity contribution < 1.29 is 9.47 Å². The van der Waals surface area contributed by atoms with Crippen molar-refractivity contribution >= 4 is 0 Å². The van der Waals surface area contributed by atoms with Crippen molar-refractivity contribution in [2.24, 2.45) is 5.73 Å². The molecule has 0 heterocycles. The Bertz CT molecular complexity index is 578. The van der Waals surface area contributed by atoms with E-state index in [4.69, 9.17) is 15.2 Å². The monoisotopic (exact) mass is 285 g/mol. The molecule has 2 aromatic rings. The first-order valence-corrected chi connectivity index (χ1v) is 7.15. The first-order valence-electron chi connectivity index (χ1n) is 7.15. The zero-order chi connectivity index (χ0) is 15.2. The molecule has 1 atom stereocenters. The number of benzene rings is 2. The lowest BCUT2D eigenvalue weighted by atomic mass is 9.90. The van der Waals surface area contributed by atoms with Crippen molar-refractivity contribution in [3.8, 4) is 11.5 Å². The van der Waals surface area contributed by atoms with Gasteiger partial charge in [0.2, 0.25) is 0 Å². The van der Waals surface area contributed by atoms with Crippen molar-refractivity contribution in [3.63, 3.8) is 0 Å². The van der Waals surface area contributed by atoms with Crippen LogP contribution in [-0.4, -0.2) is 20.8 Å². The molecule has 21 heavy (non-hydrogen) atoms. The Labute approximate surface area is 126 Å². The first kappa shape index (κ1) is 15.4. The Balaban J connectivity index is 2.24. The van der Waals surface area contributed by atoms with E-state index < -0.39 is 0 Å². The number of hydrogen-bond acceptors (Lipinski definition) is 3. The van der Waals surface area contributed by atoms with Gasteiger partial charge in [0, 0.05) is 5.92 Å². The molecule has 1 unspecified atom stereocenters. The number of rotatable bonds is 6. The Kier molecular flexibility index (Phi) is 5.23. The van der Waals surface area contributed by atoms with E-state index in [1.165, 1.54) is 16.7 Å². The molecule has 3 heteroatoms. The lowest BCUT2D eigenvalue weighted by molar-refractivity contribution is 0.405. The molecule has 2 N–H and O–H groups in total. The molecule has 0 fully saturated rings. The van der Waals surface area contributed by atoms with Crippen LogP contribution >= 0.6 is 0 Å². The van der Waals surface area contributed by atoms with Crippen molar-refractivity contribution in [2.45, 2.75) is 19.3 Å². The Morgan fingerprint density at radius 2 is 1.71 bits per heavy atom. The summed E-state index contributed by atoms with van der Waals surface area (Å²) < 4.78 is 10.7. The van der Waals surface area contributed by atoms with Crippen LogP contribution in [0.25, 0.3) is 0 Å². The average Bonchev–Trinajstić information content (AvgIpc) is 2.53. The fourth-order valence-electron chi connectivity index (χ4n) is 2.54. The maximum absolute atomic E-state index is 6.00. The second kappa shape index (κ2) is 7.14. The van der Waals surface area contributed by atoms with E-state index in [1.54, 1.807) is 14.2 Å². The maximum Gasteiger partial charge on any atom is 0.122 e. The van der Waals surface area contributed by atoms with Crippen LogP contribution in [-0.2, 0) is 6.42 Å². The second-order valence-corrected chi connectivity index (χ2v) is 5.23. The van der Waals surface area contributed by atoms with Crippen molar-refractivity contribution in [2.75, 3.05) is 20.8 Å². The van der Waals surface area contributed by atoms with Gasteiger partial charge in [0.1, 0.15) is 11.5 Å². The van der Waals surface area contributed by atoms with Crippen LogP contribution in [0, 0.1) is 6.92 Å². The lowest BCUT2D eigenvalue weighted by Gasteiger charge is -2.19. The number of aryl methyl sites for hydroxylation is 1. The van der Waals surface area contributed by atoms with Gasteiger partial charge in [-0.05, 0) is 49.2 Å². The second-order valence-electron chi connectivity index (χ2n) is 5.23. The molecule has 112 valence electrons. The first-order chi connectivity index (χ1) is 10.2. The quantitative estimate of drug-likeness (QED) is 0.885. The van der Waals surface area contributed by atoms with Crippen molar-refractivity contribution in [1.29, 1.82) is 0 Å². The third-order valence-corrected chi connectivity index (χ3v) is 3.75. The zero-order valence-corrected chi connectivity index (χ0v) is 12.9. The molecule has 3 nitrogen and oxygen atoms in total. The van der Waals surface area contributed by atoms with E-state index >= 15 is 0 Å². The summed E-state index contributed by atoms with van der Waals surface area (Å²) in [6, 6.07) is 14.4. The Morgan fingerprint density at radius 3 is 2.29 bits per heavy atom. The van der Waals surface area contributed by atoms with Crippen LogP contribution in [0.15, 0.2) is 42.5 Å². The van der Waals surface area contributed by atoms with Crippen LogP contribution in [0.2, 0.25) is 0 Å². The molecular formula is C18H23NO2. The number of methoxy groups -OCH3 is 2. The van der Waals surface area contributed by atoms with Gasteiger partial charge in [-0.2, -0.15) is 0 Å². The third kappa shape index (κ3) is 3.76. The van der Waals surface area contributed by atoms with Crippen molar-refractivity contribution in [1.82, 2.24) is 0 Å². The molecule has 0 aliphatic heterocycles. The summed E-state index contributed by atoms with van der Waals surface area (Å²) in [5.41, 5.74) is 9.65. The average molecular weight is 285 g/mol. The van der Waals surface area contributed by atoms with Gasteiger partial charge in [-0.25, -0.2) is 0 Å². The Hall–Kier alpha value is -2.00. The minimum atomic E-state index is 0.244. The summed E-state index contributed by atoms with van der Waals surface area (Å²) in [7, 11) is 3.38. The normalized spacial score (nSPS) is 12.0. The highest BCUT2D eigenvalue weighted by molar-refractivity contribution is 5.41. The van der Waals surface area contributed by atoms with E-state index in [2.05, 4.69) is 31.2 Å². The fraction of sp³-hybridized carbons (Fsp3) is 0.333. The lowest BCUT2D eigenvalue weighted by Crippen LogP contribution is -2.16. The number of ether oxygens (including phenoxy) is 2. The Morgan fingerprint density at radius 1 is 1.00 bits per heavy atom. The van der Waals surface area contributed by atoms with Gasteiger partial charge in [0.15, 0.2) is 0 Å². The minimum Gasteiger partial charge on any atom is -0.497 e. The van der Waals surface area contributed by atoms with Gasteiger partial charge >= 0.3 is 0 Å². The van der Waals surface area contributed by atoms with Gasteiger partial charge < -0.3 is 15.2 Å². The molecule has 0 radical (unpaired) electrons. The SMILES string of the molecule is COc1ccc(CC(CN)c2cc(C)ccc2OC)cc1. The maximum atomic E-state index is 6.00. The van der Waals surface area contributed by atoms with Gasteiger partial charge in [0.05, 0.1) is 14.2 Å². The highest BCUT2D eigenvalue weighted by Gasteiger charge is 2.15. The van der Waals surface area contributed by atoms with Crippen LogP contribution in [0.3, 0.4) is 0 Å². The van der Waals surface area contributed by atoms with Gasteiger partial charge in [-0.1, -0.05) is 29.8 Å². The van der Waals surface area contributed by atoms with Gasteiger partial charge in [0.25, 0.3) is 0 Å². The molecular weight excluding hydrogens is 262 g/mol. The van der Waals surface area contributed by atoms with Gasteiger partial charge in [-0.15, -0.1) is 0 Å². The molecule has 0 bridgehead atoms. The standard InChI is InChI=1S/C18H23NO2/c1-13-4-9-18(21-3)17(10-13)15(12-19)11-14-5-7-16(20-2)8-6-14/h4-10,15H,11-12,19H2,1-3H3. The molecule has 0 aromatic heterocycles. The number of hydrogen-bond donors (Lipinski definition) is 1. The predicted octanol–water partition coefficient (Wildman–Crippen LogP) is 3.30. The summed E-state index contributed by atoms with van der Waals surface area (Å²) in [6.45, 7) is 2.68. The summed E-state index contributed by atoms with van der Waals surface area (Å²) in [5.74, 6) is 2.02. The van der Waals surface area contributed by atoms with Crippen molar-refractivity contribution in [3.05, 3.63) is 59.2 Å². The summed E-state index contributed by atoms with van der Waals surface area (Å²) in [5, 5.41) is 0. The van der Waals surface area contributed by atoms with E-state index in [0.29, 0.717) is 6.54 Å². The molecule has 0 amide bonds. The molecule has 2 rings (SSSR count).